The molecule has 1 N–H and O–H groups in total. The van der Waals surface area contributed by atoms with Gasteiger partial charge in [-0.1, -0.05) is 33.0 Å². The standard InChI is InChI=1S/C13H18N4O2S/c1-5-6-17-10-8(12(18)16(4)13(17)19)11(20)15-9(14-10)7(2)3/h7H,5-6H2,1-4H3,(H,14,15,20). The van der Waals surface area contributed by atoms with Gasteiger partial charge < -0.3 is 4.98 Å². The van der Waals surface area contributed by atoms with Crippen molar-refractivity contribution in [3.05, 3.63) is 31.3 Å². The van der Waals surface area contributed by atoms with Crippen molar-refractivity contribution in [1.29, 1.82) is 0 Å². The topological polar surface area (TPSA) is 72.7 Å². The van der Waals surface area contributed by atoms with Gasteiger partial charge in [-0.3, -0.25) is 13.9 Å². The summed E-state index contributed by atoms with van der Waals surface area (Å²) in [6.07, 6.45) is 0.785. The zero-order chi connectivity index (χ0) is 15.0. The molecule has 0 spiro atoms. The van der Waals surface area contributed by atoms with Crippen molar-refractivity contribution < 1.29 is 0 Å². The molecule has 0 amide bonds. The molecule has 2 aromatic heterocycles. The number of aromatic amines is 1. The van der Waals surface area contributed by atoms with Gasteiger partial charge >= 0.3 is 5.69 Å². The van der Waals surface area contributed by atoms with Crippen molar-refractivity contribution in [2.45, 2.75) is 39.7 Å². The molecule has 0 aliphatic heterocycles. The van der Waals surface area contributed by atoms with Gasteiger partial charge in [0.1, 0.15) is 21.5 Å². The Morgan fingerprint density at radius 1 is 1.35 bits per heavy atom. The van der Waals surface area contributed by atoms with Crippen molar-refractivity contribution >= 4 is 23.3 Å². The smallest absolute Gasteiger partial charge is 0.329 e. The van der Waals surface area contributed by atoms with Crippen molar-refractivity contribution in [3.8, 4) is 0 Å². The van der Waals surface area contributed by atoms with Crippen molar-refractivity contribution in [2.24, 2.45) is 7.05 Å². The lowest BCUT2D eigenvalue weighted by molar-refractivity contribution is 0.605. The number of aryl methyl sites for hydroxylation is 1. The minimum Gasteiger partial charge on any atom is -0.329 e. The normalized spacial score (nSPS) is 11.4. The number of aromatic nitrogens is 4. The Labute approximate surface area is 121 Å². The number of H-pyrrole nitrogens is 1. The van der Waals surface area contributed by atoms with Crippen molar-refractivity contribution in [2.75, 3.05) is 0 Å². The number of hydrogen-bond acceptors (Lipinski definition) is 4. The Morgan fingerprint density at radius 3 is 2.55 bits per heavy atom. The number of nitrogens with one attached hydrogen (secondary N) is 1. The summed E-state index contributed by atoms with van der Waals surface area (Å²) in [5.41, 5.74) is -0.263. The molecule has 0 aliphatic rings. The number of rotatable bonds is 3. The number of nitrogens with zero attached hydrogens (tertiary/aromatic N) is 3. The maximum absolute atomic E-state index is 12.2. The lowest BCUT2D eigenvalue weighted by Gasteiger charge is -2.13. The highest BCUT2D eigenvalue weighted by molar-refractivity contribution is 7.71. The third-order valence-corrected chi connectivity index (χ3v) is 3.51. The molecule has 2 aromatic rings. The quantitative estimate of drug-likeness (QED) is 0.874. The van der Waals surface area contributed by atoms with Crippen LogP contribution in [-0.2, 0) is 13.6 Å². The van der Waals surface area contributed by atoms with E-state index in [9.17, 15) is 9.59 Å². The summed E-state index contributed by atoms with van der Waals surface area (Å²) in [7, 11) is 1.46. The Kier molecular flexibility index (Phi) is 3.89. The van der Waals surface area contributed by atoms with E-state index in [1.807, 2.05) is 20.8 Å². The van der Waals surface area contributed by atoms with Crippen molar-refractivity contribution in [3.63, 3.8) is 0 Å². The van der Waals surface area contributed by atoms with Crippen LogP contribution in [0.5, 0.6) is 0 Å². The summed E-state index contributed by atoms with van der Waals surface area (Å²) >= 11 is 5.23. The summed E-state index contributed by atoms with van der Waals surface area (Å²) in [5, 5.41) is 0.306. The predicted octanol–water partition coefficient (Wildman–Crippen LogP) is 1.69. The number of hydrogen-bond donors (Lipinski definition) is 1. The summed E-state index contributed by atoms with van der Waals surface area (Å²) in [6, 6.07) is 0. The van der Waals surface area contributed by atoms with Gasteiger partial charge in [-0.2, -0.15) is 0 Å². The molecular weight excluding hydrogens is 276 g/mol. The Bertz CT molecular complexity index is 829. The summed E-state index contributed by atoms with van der Waals surface area (Å²) in [4.78, 5) is 31.8. The fourth-order valence-corrected chi connectivity index (χ4v) is 2.39. The highest BCUT2D eigenvalue weighted by Crippen LogP contribution is 2.13. The second kappa shape index (κ2) is 5.32. The zero-order valence-corrected chi connectivity index (χ0v) is 12.9. The van der Waals surface area contributed by atoms with Gasteiger partial charge in [-0.25, -0.2) is 9.78 Å². The Balaban J connectivity index is 3.06. The molecule has 108 valence electrons. The fraction of sp³-hybridized carbons (Fsp3) is 0.538. The van der Waals surface area contributed by atoms with Crippen LogP contribution < -0.4 is 11.2 Å². The maximum Gasteiger partial charge on any atom is 0.332 e. The molecule has 0 bridgehead atoms. The van der Waals surface area contributed by atoms with E-state index in [1.165, 1.54) is 7.05 Å². The van der Waals surface area contributed by atoms with E-state index in [-0.39, 0.29) is 16.2 Å². The average molecular weight is 294 g/mol. The SMILES string of the molecule is CCCn1c(=O)n(C)c(=O)c2c(=S)nc(C(C)C)[nH]c21. The maximum atomic E-state index is 12.2. The molecule has 2 heterocycles. The predicted molar refractivity (Wildman–Crippen MR) is 80.8 cm³/mol. The molecular formula is C13H18N4O2S. The lowest BCUT2D eigenvalue weighted by Crippen LogP contribution is -2.39. The van der Waals surface area contributed by atoms with E-state index in [0.717, 1.165) is 11.0 Å². The second-order valence-electron chi connectivity index (χ2n) is 5.10. The first-order valence-corrected chi connectivity index (χ1v) is 7.03. The highest BCUT2D eigenvalue weighted by Gasteiger charge is 2.15. The Morgan fingerprint density at radius 2 is 2.00 bits per heavy atom. The van der Waals surface area contributed by atoms with Gasteiger partial charge in [-0.05, 0) is 6.42 Å². The van der Waals surface area contributed by atoms with E-state index >= 15 is 0 Å². The zero-order valence-electron chi connectivity index (χ0n) is 12.1. The minimum absolute atomic E-state index is 0.135. The lowest BCUT2D eigenvalue weighted by atomic mass is 10.2. The van der Waals surface area contributed by atoms with Crippen LogP contribution in [0, 0.1) is 4.64 Å². The summed E-state index contributed by atoms with van der Waals surface area (Å²) < 4.78 is 2.88. The van der Waals surface area contributed by atoms with Gasteiger partial charge in [0.05, 0.1) is 0 Å². The van der Waals surface area contributed by atoms with Crippen LogP contribution in [0.15, 0.2) is 9.59 Å². The van der Waals surface area contributed by atoms with Gasteiger partial charge in [-0.15, -0.1) is 0 Å². The summed E-state index contributed by atoms with van der Waals surface area (Å²) in [6.45, 7) is 6.45. The van der Waals surface area contributed by atoms with Gasteiger partial charge in [0, 0.05) is 19.5 Å². The van der Waals surface area contributed by atoms with Crippen LogP contribution in [0.3, 0.4) is 0 Å². The molecule has 0 atom stereocenters. The van der Waals surface area contributed by atoms with E-state index in [1.54, 1.807) is 4.57 Å². The molecule has 0 aliphatic carbocycles. The first-order valence-electron chi connectivity index (χ1n) is 6.62. The molecule has 0 saturated carbocycles. The highest BCUT2D eigenvalue weighted by atomic mass is 32.1. The molecule has 0 aromatic carbocycles. The van der Waals surface area contributed by atoms with Crippen LogP contribution in [0.25, 0.3) is 11.0 Å². The van der Waals surface area contributed by atoms with Crippen LogP contribution in [-0.4, -0.2) is 19.1 Å². The third kappa shape index (κ3) is 2.22. The Hall–Kier alpha value is -1.76. The minimum atomic E-state index is -0.401. The molecule has 0 unspecified atom stereocenters. The molecule has 0 saturated heterocycles. The fourth-order valence-electron chi connectivity index (χ4n) is 2.11. The first-order chi connectivity index (χ1) is 9.38. The largest absolute Gasteiger partial charge is 0.332 e. The van der Waals surface area contributed by atoms with E-state index in [2.05, 4.69) is 9.97 Å². The monoisotopic (exact) mass is 294 g/mol. The van der Waals surface area contributed by atoms with Crippen LogP contribution in [0.4, 0.5) is 0 Å². The first kappa shape index (κ1) is 14.6. The van der Waals surface area contributed by atoms with E-state index < -0.39 is 5.56 Å². The van der Waals surface area contributed by atoms with Crippen LogP contribution in [0.1, 0.15) is 38.9 Å². The van der Waals surface area contributed by atoms with Gasteiger partial charge in [0.15, 0.2) is 0 Å². The van der Waals surface area contributed by atoms with Crippen molar-refractivity contribution in [1.82, 2.24) is 19.1 Å². The second-order valence-corrected chi connectivity index (χ2v) is 5.49. The molecule has 0 radical (unpaired) electrons. The van der Waals surface area contributed by atoms with Crippen LogP contribution >= 0.6 is 12.2 Å². The molecule has 7 heteroatoms. The molecule has 0 fully saturated rings. The molecule has 2 rings (SSSR count). The van der Waals surface area contributed by atoms with Crippen LogP contribution in [0.2, 0.25) is 0 Å². The van der Waals surface area contributed by atoms with E-state index in [0.29, 0.717) is 23.4 Å². The number of fused-ring (bicyclic) bond motifs is 1. The van der Waals surface area contributed by atoms with Gasteiger partial charge in [0.25, 0.3) is 5.56 Å². The van der Waals surface area contributed by atoms with Gasteiger partial charge in [0.2, 0.25) is 0 Å². The third-order valence-electron chi connectivity index (χ3n) is 3.22. The summed E-state index contributed by atoms with van der Waals surface area (Å²) in [5.74, 6) is 0.815. The van der Waals surface area contributed by atoms with E-state index in [4.69, 9.17) is 12.2 Å². The average Bonchev–Trinajstić information content (AvgIpc) is 2.40. The molecule has 6 nitrogen and oxygen atoms in total. The molecule has 20 heavy (non-hydrogen) atoms.